The molecule has 0 amide bonds. The Hall–Kier alpha value is -2.49. The Bertz CT molecular complexity index is 944. The number of ether oxygens (including phenoxy) is 1. The van der Waals surface area contributed by atoms with Gasteiger partial charge in [-0.2, -0.15) is 4.98 Å². The van der Waals surface area contributed by atoms with E-state index in [1.54, 1.807) is 25.1 Å². The highest BCUT2D eigenvalue weighted by molar-refractivity contribution is 7.80. The van der Waals surface area contributed by atoms with Crippen LogP contribution in [0.2, 0.25) is 5.02 Å². The van der Waals surface area contributed by atoms with Crippen molar-refractivity contribution < 1.29 is 14.1 Å². The van der Waals surface area contributed by atoms with Gasteiger partial charge in [0.25, 0.3) is 0 Å². The van der Waals surface area contributed by atoms with Crippen LogP contribution >= 0.6 is 35.2 Å². The van der Waals surface area contributed by atoms with Gasteiger partial charge in [0.1, 0.15) is 0 Å². The zero-order valence-electron chi connectivity index (χ0n) is 14.2. The number of benzene rings is 1. The quantitative estimate of drug-likeness (QED) is 0.453. The molecule has 27 heavy (non-hydrogen) atoms. The maximum atomic E-state index is 11.8. The average Bonchev–Trinajstić information content (AvgIpc) is 3.32. The number of thiocarbonyl (C=S) groups is 1. The lowest BCUT2D eigenvalue weighted by molar-refractivity contribution is 0.0526. The van der Waals surface area contributed by atoms with E-state index < -0.39 is 5.97 Å². The van der Waals surface area contributed by atoms with Crippen LogP contribution in [0.25, 0.3) is 10.7 Å². The maximum absolute atomic E-state index is 11.8. The third-order valence-electron chi connectivity index (χ3n) is 3.33. The summed E-state index contributed by atoms with van der Waals surface area (Å²) in [6.45, 7) is 2.30. The molecule has 0 aliphatic heterocycles. The molecule has 0 aliphatic rings. The average molecular weight is 423 g/mol. The van der Waals surface area contributed by atoms with Crippen molar-refractivity contribution in [2.75, 3.05) is 11.9 Å². The van der Waals surface area contributed by atoms with Crippen LogP contribution in [0.3, 0.4) is 0 Å². The van der Waals surface area contributed by atoms with Gasteiger partial charge in [-0.05, 0) is 48.8 Å². The van der Waals surface area contributed by atoms with Gasteiger partial charge in [0, 0.05) is 5.69 Å². The van der Waals surface area contributed by atoms with E-state index in [0.717, 1.165) is 4.88 Å². The van der Waals surface area contributed by atoms with Gasteiger partial charge in [-0.25, -0.2) is 4.79 Å². The molecule has 0 aliphatic carbocycles. The molecule has 2 heterocycles. The van der Waals surface area contributed by atoms with E-state index >= 15 is 0 Å². The summed E-state index contributed by atoms with van der Waals surface area (Å²) in [7, 11) is 0. The van der Waals surface area contributed by atoms with Crippen LogP contribution in [0.4, 0.5) is 5.69 Å². The highest BCUT2D eigenvalue weighted by Crippen LogP contribution is 2.22. The van der Waals surface area contributed by atoms with Gasteiger partial charge >= 0.3 is 5.97 Å². The molecule has 140 valence electrons. The first kappa shape index (κ1) is 19.3. The van der Waals surface area contributed by atoms with E-state index in [1.807, 2.05) is 17.5 Å². The molecule has 0 spiro atoms. The number of nitrogens with zero attached hydrogens (tertiary/aromatic N) is 2. The van der Waals surface area contributed by atoms with Crippen LogP contribution in [-0.2, 0) is 11.3 Å². The molecule has 0 fully saturated rings. The number of halogens is 1. The molecule has 0 bridgehead atoms. The predicted octanol–water partition coefficient (Wildman–Crippen LogP) is 4.11. The third-order valence-corrected chi connectivity index (χ3v) is 4.76. The summed E-state index contributed by atoms with van der Waals surface area (Å²) in [6, 6.07) is 8.71. The molecule has 3 aromatic rings. The van der Waals surface area contributed by atoms with Gasteiger partial charge in [0.15, 0.2) is 5.11 Å². The maximum Gasteiger partial charge on any atom is 0.339 e. The Morgan fingerprint density at radius 3 is 2.96 bits per heavy atom. The monoisotopic (exact) mass is 422 g/mol. The van der Waals surface area contributed by atoms with Crippen molar-refractivity contribution in [2.24, 2.45) is 0 Å². The molecule has 0 saturated heterocycles. The van der Waals surface area contributed by atoms with Gasteiger partial charge in [-0.3, -0.25) is 0 Å². The second kappa shape index (κ2) is 8.94. The smallest absolute Gasteiger partial charge is 0.339 e. The summed E-state index contributed by atoms with van der Waals surface area (Å²) in [5.41, 5.74) is 0.935. The number of hydrogen-bond donors (Lipinski definition) is 2. The van der Waals surface area contributed by atoms with Crippen molar-refractivity contribution in [2.45, 2.75) is 13.5 Å². The molecular weight excluding hydrogens is 408 g/mol. The number of aromatic nitrogens is 2. The largest absolute Gasteiger partial charge is 0.462 e. The van der Waals surface area contributed by atoms with E-state index in [2.05, 4.69) is 20.8 Å². The van der Waals surface area contributed by atoms with Crippen molar-refractivity contribution in [1.82, 2.24) is 15.5 Å². The fourth-order valence-electron chi connectivity index (χ4n) is 2.13. The summed E-state index contributed by atoms with van der Waals surface area (Å²) in [6.07, 6.45) is 0. The molecule has 2 N–H and O–H groups in total. The van der Waals surface area contributed by atoms with Gasteiger partial charge in [-0.15, -0.1) is 11.3 Å². The SMILES string of the molecule is CCOC(=O)c1ccc(NC(=S)NCc2nc(-c3cccs3)no2)cc1Cl. The topological polar surface area (TPSA) is 89.3 Å². The molecule has 2 aromatic heterocycles. The highest BCUT2D eigenvalue weighted by Gasteiger charge is 2.13. The van der Waals surface area contributed by atoms with E-state index in [0.29, 0.717) is 28.1 Å². The standard InChI is InChI=1S/C17H15ClN4O3S2/c1-2-24-16(23)11-6-5-10(8-12(11)18)20-17(26)19-9-14-21-15(22-25-14)13-4-3-7-27-13/h3-8H,2,9H2,1H3,(H2,19,20,26). The molecule has 0 atom stereocenters. The minimum atomic E-state index is -0.465. The Kier molecular flexibility index (Phi) is 6.38. The number of rotatable bonds is 6. The predicted molar refractivity (Wildman–Crippen MR) is 108 cm³/mol. The first-order chi connectivity index (χ1) is 13.1. The number of thiophene rings is 1. The zero-order valence-corrected chi connectivity index (χ0v) is 16.6. The van der Waals surface area contributed by atoms with Crippen molar-refractivity contribution >= 4 is 51.9 Å². The van der Waals surface area contributed by atoms with Crippen molar-refractivity contribution in [3.8, 4) is 10.7 Å². The first-order valence-corrected chi connectivity index (χ1v) is 9.61. The molecule has 0 radical (unpaired) electrons. The summed E-state index contributed by atoms with van der Waals surface area (Å²) in [5, 5.41) is 12.5. The van der Waals surface area contributed by atoms with E-state index in [4.69, 9.17) is 33.1 Å². The van der Waals surface area contributed by atoms with Gasteiger partial charge in [0.2, 0.25) is 11.7 Å². The summed E-state index contributed by atoms with van der Waals surface area (Å²) in [4.78, 5) is 17.0. The van der Waals surface area contributed by atoms with Crippen molar-refractivity contribution in [3.05, 3.63) is 52.2 Å². The molecular formula is C17H15ClN4O3S2. The first-order valence-electron chi connectivity index (χ1n) is 7.94. The van der Waals surface area contributed by atoms with E-state index in [1.165, 1.54) is 11.3 Å². The minimum absolute atomic E-state index is 0.277. The van der Waals surface area contributed by atoms with Gasteiger partial charge in [-0.1, -0.05) is 22.8 Å². The summed E-state index contributed by atoms with van der Waals surface area (Å²) in [5.74, 6) is 0.493. The van der Waals surface area contributed by atoms with Gasteiger partial charge < -0.3 is 19.9 Å². The highest BCUT2D eigenvalue weighted by atomic mass is 35.5. The summed E-state index contributed by atoms with van der Waals surface area (Å²) >= 11 is 12.9. The van der Waals surface area contributed by atoms with Gasteiger partial charge in [0.05, 0.1) is 28.6 Å². The van der Waals surface area contributed by atoms with Crippen LogP contribution in [0.1, 0.15) is 23.2 Å². The van der Waals surface area contributed by atoms with Crippen LogP contribution in [0, 0.1) is 0 Å². The van der Waals surface area contributed by atoms with Crippen LogP contribution < -0.4 is 10.6 Å². The fourth-order valence-corrected chi connectivity index (χ4v) is 3.23. The molecule has 1 aromatic carbocycles. The lowest BCUT2D eigenvalue weighted by Crippen LogP contribution is -2.28. The molecule has 7 nitrogen and oxygen atoms in total. The van der Waals surface area contributed by atoms with Crippen molar-refractivity contribution in [1.29, 1.82) is 0 Å². The Morgan fingerprint density at radius 2 is 2.26 bits per heavy atom. The van der Waals surface area contributed by atoms with Crippen LogP contribution in [0.15, 0.2) is 40.2 Å². The number of anilines is 1. The Balaban J connectivity index is 1.55. The lowest BCUT2D eigenvalue weighted by atomic mass is 10.2. The van der Waals surface area contributed by atoms with Crippen LogP contribution in [0.5, 0.6) is 0 Å². The number of esters is 1. The molecule has 0 unspecified atom stereocenters. The number of hydrogen-bond acceptors (Lipinski definition) is 7. The molecule has 0 saturated carbocycles. The number of carbonyl (C=O) groups is 1. The number of nitrogens with one attached hydrogen (secondary N) is 2. The van der Waals surface area contributed by atoms with E-state index in [-0.39, 0.29) is 18.2 Å². The third kappa shape index (κ3) is 5.03. The minimum Gasteiger partial charge on any atom is -0.462 e. The lowest BCUT2D eigenvalue weighted by Gasteiger charge is -2.10. The summed E-state index contributed by atoms with van der Waals surface area (Å²) < 4.78 is 10.1. The zero-order chi connectivity index (χ0) is 19.2. The van der Waals surface area contributed by atoms with Crippen molar-refractivity contribution in [3.63, 3.8) is 0 Å². The second-order valence-corrected chi connectivity index (χ2v) is 6.97. The van der Waals surface area contributed by atoms with Crippen LogP contribution in [-0.4, -0.2) is 27.8 Å². The Morgan fingerprint density at radius 1 is 1.41 bits per heavy atom. The fraction of sp³-hybridized carbons (Fsp3) is 0.176. The Labute approximate surface area is 169 Å². The van der Waals surface area contributed by atoms with E-state index in [9.17, 15) is 4.79 Å². The molecule has 10 heteroatoms. The normalized spacial score (nSPS) is 10.4. The second-order valence-electron chi connectivity index (χ2n) is 5.21. The number of carbonyl (C=O) groups excluding carboxylic acids is 1. The molecule has 3 rings (SSSR count).